The van der Waals surface area contributed by atoms with Gasteiger partial charge in [-0.1, -0.05) is 0 Å². The molecule has 1 aliphatic rings. The van der Waals surface area contributed by atoms with E-state index in [0.717, 1.165) is 6.54 Å². The lowest BCUT2D eigenvalue weighted by atomic mass is 10.2. The van der Waals surface area contributed by atoms with Crippen LogP contribution >= 0.6 is 0 Å². The standard InChI is InChI=1S/C7H11N3/c1-4-6-3-8-5(2)7(6)10-9-4/h5,8H,3H2,1-2H3,(H,9,10)/t5-/m0/s1. The van der Waals surface area contributed by atoms with Crippen molar-refractivity contribution in [3.8, 4) is 0 Å². The summed E-state index contributed by atoms with van der Waals surface area (Å²) >= 11 is 0. The largest absolute Gasteiger partial charge is 0.305 e. The number of nitrogens with zero attached hydrogens (tertiary/aromatic N) is 1. The molecule has 0 aliphatic carbocycles. The Labute approximate surface area is 59.8 Å². The highest BCUT2D eigenvalue weighted by Crippen LogP contribution is 2.23. The summed E-state index contributed by atoms with van der Waals surface area (Å²) < 4.78 is 0. The smallest absolute Gasteiger partial charge is 0.0836 e. The Hall–Kier alpha value is -0.830. The average Bonchev–Trinajstić information content (AvgIpc) is 2.41. The highest BCUT2D eigenvalue weighted by atomic mass is 15.2. The van der Waals surface area contributed by atoms with E-state index in [-0.39, 0.29) is 0 Å². The molecule has 3 nitrogen and oxygen atoms in total. The van der Waals surface area contributed by atoms with Crippen molar-refractivity contribution >= 4 is 0 Å². The molecule has 3 heteroatoms. The first kappa shape index (κ1) is 5.92. The fourth-order valence-corrected chi connectivity index (χ4v) is 1.40. The van der Waals surface area contributed by atoms with Crippen LogP contribution in [0.5, 0.6) is 0 Å². The Morgan fingerprint density at radius 3 is 3.10 bits per heavy atom. The zero-order valence-corrected chi connectivity index (χ0v) is 6.23. The van der Waals surface area contributed by atoms with Crippen LogP contribution in [0.2, 0.25) is 0 Å². The molecule has 1 aromatic heterocycles. The Morgan fingerprint density at radius 2 is 2.40 bits per heavy atom. The van der Waals surface area contributed by atoms with Gasteiger partial charge in [-0.05, 0) is 13.8 Å². The van der Waals surface area contributed by atoms with Gasteiger partial charge >= 0.3 is 0 Å². The van der Waals surface area contributed by atoms with Gasteiger partial charge in [-0.2, -0.15) is 5.10 Å². The van der Waals surface area contributed by atoms with Crippen molar-refractivity contribution in [1.29, 1.82) is 0 Å². The first-order valence-corrected chi connectivity index (χ1v) is 3.56. The van der Waals surface area contributed by atoms with E-state index in [4.69, 9.17) is 0 Å². The van der Waals surface area contributed by atoms with Crippen LogP contribution in [0.25, 0.3) is 0 Å². The minimum Gasteiger partial charge on any atom is -0.305 e. The highest BCUT2D eigenvalue weighted by molar-refractivity contribution is 5.30. The molecular formula is C7H11N3. The number of aryl methyl sites for hydroxylation is 1. The molecule has 0 fully saturated rings. The van der Waals surface area contributed by atoms with Crippen LogP contribution in [-0.4, -0.2) is 10.2 Å². The number of aromatic nitrogens is 2. The maximum absolute atomic E-state index is 4.19. The summed E-state index contributed by atoms with van der Waals surface area (Å²) in [7, 11) is 0. The topological polar surface area (TPSA) is 40.7 Å². The Balaban J connectivity index is 2.53. The molecule has 1 aliphatic heterocycles. The van der Waals surface area contributed by atoms with Gasteiger partial charge in [0.2, 0.25) is 0 Å². The second-order valence-corrected chi connectivity index (χ2v) is 2.81. The molecule has 0 unspecified atom stereocenters. The molecule has 0 aromatic carbocycles. The lowest BCUT2D eigenvalue weighted by Crippen LogP contribution is -2.08. The number of hydrogen-bond acceptors (Lipinski definition) is 2. The van der Waals surface area contributed by atoms with Gasteiger partial charge < -0.3 is 5.32 Å². The van der Waals surface area contributed by atoms with Gasteiger partial charge in [-0.25, -0.2) is 0 Å². The summed E-state index contributed by atoms with van der Waals surface area (Å²) in [6.45, 7) is 5.16. The van der Waals surface area contributed by atoms with Gasteiger partial charge in [0.15, 0.2) is 0 Å². The molecule has 0 saturated heterocycles. The third kappa shape index (κ3) is 0.609. The number of fused-ring (bicyclic) bond motifs is 1. The normalized spacial score (nSPS) is 23.2. The third-order valence-electron chi connectivity index (χ3n) is 2.10. The molecule has 2 rings (SSSR count). The van der Waals surface area contributed by atoms with E-state index in [1.807, 2.05) is 0 Å². The molecule has 0 bridgehead atoms. The Morgan fingerprint density at radius 1 is 1.60 bits per heavy atom. The fraction of sp³-hybridized carbons (Fsp3) is 0.571. The SMILES string of the molecule is Cc1[nH]nc2c1CN[C@H]2C. The van der Waals surface area contributed by atoms with Crippen LogP contribution in [0.15, 0.2) is 0 Å². The summed E-state index contributed by atoms with van der Waals surface area (Å²) in [6.07, 6.45) is 0. The highest BCUT2D eigenvalue weighted by Gasteiger charge is 2.21. The number of aromatic amines is 1. The predicted molar refractivity (Wildman–Crippen MR) is 38.6 cm³/mol. The van der Waals surface area contributed by atoms with E-state index in [1.54, 1.807) is 0 Å². The molecule has 0 spiro atoms. The van der Waals surface area contributed by atoms with Gasteiger partial charge in [0.05, 0.1) is 5.69 Å². The van der Waals surface area contributed by atoms with Gasteiger partial charge in [-0.15, -0.1) is 0 Å². The minimum absolute atomic E-state index is 0.431. The molecule has 2 heterocycles. The van der Waals surface area contributed by atoms with E-state index in [2.05, 4.69) is 29.4 Å². The van der Waals surface area contributed by atoms with E-state index in [9.17, 15) is 0 Å². The molecular weight excluding hydrogens is 126 g/mol. The summed E-state index contributed by atoms with van der Waals surface area (Å²) in [4.78, 5) is 0. The van der Waals surface area contributed by atoms with E-state index < -0.39 is 0 Å². The fourth-order valence-electron chi connectivity index (χ4n) is 1.40. The molecule has 10 heavy (non-hydrogen) atoms. The lowest BCUT2D eigenvalue weighted by molar-refractivity contribution is 0.612. The molecule has 2 N–H and O–H groups in total. The van der Waals surface area contributed by atoms with Crippen molar-refractivity contribution in [2.75, 3.05) is 0 Å². The Kier molecular flexibility index (Phi) is 1.08. The van der Waals surface area contributed by atoms with Gasteiger partial charge in [-0.3, -0.25) is 5.10 Å². The molecule has 1 aromatic rings. The van der Waals surface area contributed by atoms with Crippen molar-refractivity contribution in [3.05, 3.63) is 17.0 Å². The van der Waals surface area contributed by atoms with Crippen LogP contribution in [0.3, 0.4) is 0 Å². The van der Waals surface area contributed by atoms with Crippen molar-refractivity contribution in [2.24, 2.45) is 0 Å². The second-order valence-electron chi connectivity index (χ2n) is 2.81. The van der Waals surface area contributed by atoms with Crippen LogP contribution in [0.4, 0.5) is 0 Å². The summed E-state index contributed by atoms with van der Waals surface area (Å²) in [6, 6.07) is 0.431. The molecule has 1 atom stereocenters. The van der Waals surface area contributed by atoms with Gasteiger partial charge in [0.1, 0.15) is 0 Å². The van der Waals surface area contributed by atoms with E-state index in [1.165, 1.54) is 17.0 Å². The summed E-state index contributed by atoms with van der Waals surface area (Å²) in [5.41, 5.74) is 3.75. The van der Waals surface area contributed by atoms with Crippen LogP contribution in [0, 0.1) is 6.92 Å². The number of rotatable bonds is 0. The van der Waals surface area contributed by atoms with E-state index in [0.29, 0.717) is 6.04 Å². The molecule has 0 radical (unpaired) electrons. The van der Waals surface area contributed by atoms with Crippen molar-refractivity contribution in [2.45, 2.75) is 26.4 Å². The third-order valence-corrected chi connectivity index (χ3v) is 2.10. The predicted octanol–water partition coefficient (Wildman–Crippen LogP) is 0.882. The van der Waals surface area contributed by atoms with Crippen LogP contribution < -0.4 is 5.32 Å². The monoisotopic (exact) mass is 137 g/mol. The summed E-state index contributed by atoms with van der Waals surface area (Å²) in [5.74, 6) is 0. The maximum Gasteiger partial charge on any atom is 0.0836 e. The average molecular weight is 137 g/mol. The number of H-pyrrole nitrogens is 1. The molecule has 0 amide bonds. The lowest BCUT2D eigenvalue weighted by Gasteiger charge is -1.97. The Bertz CT molecular complexity index is 251. The molecule has 0 saturated carbocycles. The van der Waals surface area contributed by atoms with Crippen molar-refractivity contribution < 1.29 is 0 Å². The van der Waals surface area contributed by atoms with Crippen molar-refractivity contribution in [3.63, 3.8) is 0 Å². The zero-order chi connectivity index (χ0) is 7.14. The van der Waals surface area contributed by atoms with Crippen LogP contribution in [0.1, 0.15) is 29.9 Å². The zero-order valence-electron chi connectivity index (χ0n) is 6.23. The quantitative estimate of drug-likeness (QED) is 0.557. The van der Waals surface area contributed by atoms with Gasteiger partial charge in [0.25, 0.3) is 0 Å². The first-order chi connectivity index (χ1) is 4.79. The summed E-state index contributed by atoms with van der Waals surface area (Å²) in [5, 5.41) is 10.5. The van der Waals surface area contributed by atoms with Crippen molar-refractivity contribution in [1.82, 2.24) is 15.5 Å². The molecule has 54 valence electrons. The number of nitrogens with one attached hydrogen (secondary N) is 2. The van der Waals surface area contributed by atoms with Gasteiger partial charge in [0, 0.05) is 23.8 Å². The number of hydrogen-bond donors (Lipinski definition) is 2. The minimum atomic E-state index is 0.431. The van der Waals surface area contributed by atoms with Crippen LogP contribution in [-0.2, 0) is 6.54 Å². The first-order valence-electron chi connectivity index (χ1n) is 3.56. The van der Waals surface area contributed by atoms with E-state index >= 15 is 0 Å². The maximum atomic E-state index is 4.19. The second kappa shape index (κ2) is 1.83.